The third-order valence-corrected chi connectivity index (χ3v) is 7.14. The first kappa shape index (κ1) is 24.1. The topological polar surface area (TPSA) is 141 Å². The number of hydrogen-bond acceptors (Lipinski definition) is 7. The molecular formula is C25H25N5O4S. The standard InChI is InChI=1S/C25H25N5O4S/c1-17(26)27-13-4-14-35(33,34)16-18-7-9-19(10-8-18)28-25-21-5-2-3-6-23(21)29-24-15-20(30(31)32)11-12-22(24)25/h2-3,5-12,15H,4,13-14,16H2,1H3,(H2,26,27)(H,28,29). The number of non-ortho nitro benzene ring substituents is 1. The van der Waals surface area contributed by atoms with Gasteiger partial charge in [-0.3, -0.25) is 15.1 Å². The second kappa shape index (κ2) is 10.1. The fourth-order valence-corrected chi connectivity index (χ4v) is 5.24. The molecule has 35 heavy (non-hydrogen) atoms. The Hall–Kier alpha value is -4.05. The highest BCUT2D eigenvalue weighted by molar-refractivity contribution is 7.90. The third kappa shape index (κ3) is 5.90. The van der Waals surface area contributed by atoms with Crippen LogP contribution in [0.25, 0.3) is 21.8 Å². The Kier molecular flexibility index (Phi) is 6.92. The van der Waals surface area contributed by atoms with Crippen molar-refractivity contribution < 1.29 is 13.3 Å². The molecule has 4 rings (SSSR count). The van der Waals surface area contributed by atoms with E-state index < -0.39 is 14.8 Å². The van der Waals surface area contributed by atoms with E-state index >= 15 is 0 Å². The molecule has 0 saturated heterocycles. The van der Waals surface area contributed by atoms with Crippen LogP contribution in [0.3, 0.4) is 0 Å². The number of aliphatic imine (C=N–C) groups is 1. The van der Waals surface area contributed by atoms with Crippen LogP contribution in [0.2, 0.25) is 0 Å². The van der Waals surface area contributed by atoms with Crippen molar-refractivity contribution in [1.82, 2.24) is 4.98 Å². The summed E-state index contributed by atoms with van der Waals surface area (Å²) in [5, 5.41) is 16.2. The summed E-state index contributed by atoms with van der Waals surface area (Å²) in [7, 11) is -3.27. The Morgan fingerprint density at radius 2 is 1.77 bits per heavy atom. The number of pyridine rings is 1. The minimum absolute atomic E-state index is 0.0261. The monoisotopic (exact) mass is 491 g/mol. The van der Waals surface area contributed by atoms with Crippen LogP contribution in [0, 0.1) is 10.1 Å². The maximum Gasteiger partial charge on any atom is 0.271 e. The van der Waals surface area contributed by atoms with Crippen molar-refractivity contribution in [3.05, 3.63) is 82.4 Å². The first-order chi connectivity index (χ1) is 16.7. The number of hydrogen-bond donors (Lipinski definition) is 2. The average Bonchev–Trinajstić information content (AvgIpc) is 2.82. The lowest BCUT2D eigenvalue weighted by molar-refractivity contribution is -0.384. The molecule has 0 radical (unpaired) electrons. The average molecular weight is 492 g/mol. The van der Waals surface area contributed by atoms with Crippen LogP contribution in [0.5, 0.6) is 0 Å². The number of benzene rings is 3. The lowest BCUT2D eigenvalue weighted by Crippen LogP contribution is -2.12. The van der Waals surface area contributed by atoms with Gasteiger partial charge < -0.3 is 11.1 Å². The molecule has 0 atom stereocenters. The maximum absolute atomic E-state index is 12.4. The van der Waals surface area contributed by atoms with Gasteiger partial charge in [0.2, 0.25) is 0 Å². The molecule has 0 unspecified atom stereocenters. The molecule has 0 spiro atoms. The molecule has 3 aromatic carbocycles. The third-order valence-electron chi connectivity index (χ3n) is 5.46. The number of nitrogens with one attached hydrogen (secondary N) is 1. The number of nitrogens with zero attached hydrogens (tertiary/aromatic N) is 3. The van der Waals surface area contributed by atoms with Gasteiger partial charge in [-0.05, 0) is 43.2 Å². The normalized spacial score (nSPS) is 12.2. The molecule has 10 heteroatoms. The largest absolute Gasteiger partial charge is 0.388 e. The van der Waals surface area contributed by atoms with Gasteiger partial charge in [0, 0.05) is 35.1 Å². The molecule has 3 N–H and O–H groups in total. The molecule has 0 aliphatic rings. The van der Waals surface area contributed by atoms with Gasteiger partial charge in [0.1, 0.15) is 0 Å². The van der Waals surface area contributed by atoms with Gasteiger partial charge >= 0.3 is 0 Å². The van der Waals surface area contributed by atoms with Crippen LogP contribution in [0.4, 0.5) is 17.1 Å². The summed E-state index contributed by atoms with van der Waals surface area (Å²) in [6, 6.07) is 19.3. The highest BCUT2D eigenvalue weighted by Crippen LogP contribution is 2.34. The van der Waals surface area contributed by atoms with Gasteiger partial charge in [0.25, 0.3) is 5.69 Å². The summed E-state index contributed by atoms with van der Waals surface area (Å²) < 4.78 is 24.9. The molecule has 0 amide bonds. The zero-order chi connectivity index (χ0) is 25.0. The smallest absolute Gasteiger partial charge is 0.271 e. The molecule has 0 aliphatic heterocycles. The minimum atomic E-state index is -3.27. The predicted octanol–water partition coefficient (Wildman–Crippen LogP) is 4.72. The van der Waals surface area contributed by atoms with Crippen molar-refractivity contribution in [2.24, 2.45) is 10.7 Å². The van der Waals surface area contributed by atoms with Crippen LogP contribution in [0.15, 0.2) is 71.7 Å². The fraction of sp³-hybridized carbons (Fsp3) is 0.200. The predicted molar refractivity (Wildman–Crippen MR) is 140 cm³/mol. The molecule has 0 aliphatic carbocycles. The molecule has 0 fully saturated rings. The Morgan fingerprint density at radius 1 is 1.06 bits per heavy atom. The zero-order valence-electron chi connectivity index (χ0n) is 19.1. The van der Waals surface area contributed by atoms with E-state index in [-0.39, 0.29) is 17.2 Å². The van der Waals surface area contributed by atoms with Gasteiger partial charge in [-0.1, -0.05) is 30.3 Å². The van der Waals surface area contributed by atoms with Crippen LogP contribution >= 0.6 is 0 Å². The molecule has 4 aromatic rings. The fourth-order valence-electron chi connectivity index (χ4n) is 3.82. The van der Waals surface area contributed by atoms with Gasteiger partial charge in [0.15, 0.2) is 9.84 Å². The van der Waals surface area contributed by atoms with E-state index in [2.05, 4.69) is 15.3 Å². The summed E-state index contributed by atoms with van der Waals surface area (Å²) in [6.07, 6.45) is 0.427. The van der Waals surface area contributed by atoms with Gasteiger partial charge in [0.05, 0.1) is 39.0 Å². The van der Waals surface area contributed by atoms with E-state index in [1.54, 1.807) is 25.1 Å². The summed E-state index contributed by atoms with van der Waals surface area (Å²) in [6.45, 7) is 2.06. The van der Waals surface area contributed by atoms with Crippen LogP contribution < -0.4 is 11.1 Å². The number of para-hydroxylation sites is 1. The highest BCUT2D eigenvalue weighted by atomic mass is 32.2. The summed E-state index contributed by atoms with van der Waals surface area (Å²) in [4.78, 5) is 19.4. The second-order valence-corrected chi connectivity index (χ2v) is 10.4. The van der Waals surface area contributed by atoms with Crippen molar-refractivity contribution in [1.29, 1.82) is 0 Å². The minimum Gasteiger partial charge on any atom is -0.388 e. The first-order valence-corrected chi connectivity index (χ1v) is 12.8. The van der Waals surface area contributed by atoms with Crippen molar-refractivity contribution in [2.45, 2.75) is 19.1 Å². The van der Waals surface area contributed by atoms with E-state index in [1.807, 2.05) is 36.4 Å². The Bertz CT molecular complexity index is 1530. The lowest BCUT2D eigenvalue weighted by atomic mass is 10.1. The van der Waals surface area contributed by atoms with E-state index in [0.29, 0.717) is 35.4 Å². The van der Waals surface area contributed by atoms with Gasteiger partial charge in [-0.25, -0.2) is 13.4 Å². The summed E-state index contributed by atoms with van der Waals surface area (Å²) >= 11 is 0. The van der Waals surface area contributed by atoms with Crippen LogP contribution in [-0.4, -0.2) is 36.5 Å². The lowest BCUT2D eigenvalue weighted by Gasteiger charge is -2.14. The Balaban J connectivity index is 1.58. The van der Waals surface area contributed by atoms with E-state index in [0.717, 1.165) is 22.1 Å². The van der Waals surface area contributed by atoms with E-state index in [1.165, 1.54) is 12.1 Å². The number of sulfone groups is 1. The summed E-state index contributed by atoms with van der Waals surface area (Å²) in [5.74, 6) is 0.437. The van der Waals surface area contributed by atoms with Gasteiger partial charge in [-0.2, -0.15) is 0 Å². The quantitative estimate of drug-likeness (QED) is 0.0861. The highest BCUT2D eigenvalue weighted by Gasteiger charge is 2.15. The van der Waals surface area contributed by atoms with Crippen LogP contribution in [0.1, 0.15) is 18.9 Å². The molecular weight excluding hydrogens is 466 g/mol. The Morgan fingerprint density at radius 3 is 2.49 bits per heavy atom. The number of nitro benzene ring substituents is 1. The second-order valence-electron chi connectivity index (χ2n) is 8.25. The SMILES string of the molecule is CC(N)=NCCCS(=O)(=O)Cc1ccc(Nc2c3ccccc3nc3cc([N+](=O)[O-])ccc23)cc1. The number of anilines is 2. The number of rotatable bonds is 9. The maximum atomic E-state index is 12.4. The van der Waals surface area contributed by atoms with Crippen molar-refractivity contribution in [3.8, 4) is 0 Å². The number of amidine groups is 1. The van der Waals surface area contributed by atoms with Crippen molar-refractivity contribution in [3.63, 3.8) is 0 Å². The molecule has 9 nitrogen and oxygen atoms in total. The number of nitro groups is 1. The van der Waals surface area contributed by atoms with E-state index in [4.69, 9.17) is 5.73 Å². The van der Waals surface area contributed by atoms with Crippen LogP contribution in [-0.2, 0) is 15.6 Å². The summed E-state index contributed by atoms with van der Waals surface area (Å²) in [5.41, 5.74) is 8.90. The molecule has 1 aromatic heterocycles. The first-order valence-electron chi connectivity index (χ1n) is 11.0. The van der Waals surface area contributed by atoms with Crippen molar-refractivity contribution >= 4 is 54.5 Å². The molecule has 0 saturated carbocycles. The molecule has 1 heterocycles. The Labute approximate surface area is 202 Å². The molecule has 180 valence electrons. The zero-order valence-corrected chi connectivity index (χ0v) is 20.0. The molecule has 0 bridgehead atoms. The number of nitrogens with two attached hydrogens (primary N) is 1. The number of fused-ring (bicyclic) bond motifs is 2. The van der Waals surface area contributed by atoms with Gasteiger partial charge in [-0.15, -0.1) is 0 Å². The van der Waals surface area contributed by atoms with E-state index in [9.17, 15) is 18.5 Å². The van der Waals surface area contributed by atoms with Crippen molar-refractivity contribution in [2.75, 3.05) is 17.6 Å². The number of aromatic nitrogens is 1.